The van der Waals surface area contributed by atoms with Crippen molar-refractivity contribution in [3.63, 3.8) is 0 Å². The number of benzene rings is 2. The fraction of sp³-hybridized carbons (Fsp3) is 0.222. The first-order valence-electron chi connectivity index (χ1n) is 7.23. The third-order valence-corrected chi connectivity index (χ3v) is 4.90. The zero-order chi connectivity index (χ0) is 16.9. The smallest absolute Gasteiger partial charge is 0.326 e. The van der Waals surface area contributed by atoms with Crippen LogP contribution in [0.1, 0.15) is 18.1 Å². The van der Waals surface area contributed by atoms with Gasteiger partial charge in [0.25, 0.3) is 0 Å². The highest BCUT2D eigenvalue weighted by Crippen LogP contribution is 2.41. The Hall–Kier alpha value is -2.27. The Kier molecular flexibility index (Phi) is 5.45. The lowest BCUT2D eigenvalue weighted by molar-refractivity contribution is -0.140. The Morgan fingerprint density at radius 3 is 2.22 bits per heavy atom. The number of amides is 1. The van der Waals surface area contributed by atoms with Crippen LogP contribution in [-0.4, -0.2) is 23.5 Å². The van der Waals surface area contributed by atoms with Gasteiger partial charge in [-0.2, -0.15) is 0 Å². The molecule has 0 fully saturated rings. The Morgan fingerprint density at radius 1 is 1.09 bits per heavy atom. The minimum Gasteiger partial charge on any atom is -0.480 e. The van der Waals surface area contributed by atoms with Gasteiger partial charge in [-0.25, -0.2) is 0 Å². The molecule has 2 rings (SSSR count). The second kappa shape index (κ2) is 7.33. The van der Waals surface area contributed by atoms with Gasteiger partial charge in [-0.3, -0.25) is 9.59 Å². The van der Waals surface area contributed by atoms with E-state index < -0.39 is 10.7 Å². The van der Waals surface area contributed by atoms with Crippen LogP contribution in [0.4, 0.5) is 0 Å². The van der Waals surface area contributed by atoms with E-state index >= 15 is 0 Å². The fourth-order valence-corrected chi connectivity index (χ4v) is 3.36. The maximum Gasteiger partial charge on any atom is 0.326 e. The second-order valence-corrected chi connectivity index (χ2v) is 6.70. The third-order valence-electron chi connectivity index (χ3n) is 3.48. The summed E-state index contributed by atoms with van der Waals surface area (Å²) in [6.45, 7) is 3.38. The number of carbonyl (C=O) groups is 2. The molecule has 0 saturated carbocycles. The van der Waals surface area contributed by atoms with E-state index in [0.29, 0.717) is 5.56 Å². The first kappa shape index (κ1) is 17.1. The summed E-state index contributed by atoms with van der Waals surface area (Å²) in [6, 6.07) is 16.7. The van der Waals surface area contributed by atoms with Crippen molar-refractivity contribution in [3.05, 3.63) is 65.7 Å². The summed E-state index contributed by atoms with van der Waals surface area (Å²) in [5.74, 6) is -1.24. The highest BCUT2D eigenvalue weighted by atomic mass is 32.2. The minimum atomic E-state index is -1.28. The highest BCUT2D eigenvalue weighted by Gasteiger charge is 2.42. The van der Waals surface area contributed by atoms with E-state index in [2.05, 4.69) is 5.32 Å². The number of carbonyl (C=O) groups excluding carboxylic acids is 1. The van der Waals surface area contributed by atoms with Crippen molar-refractivity contribution < 1.29 is 14.7 Å². The quantitative estimate of drug-likeness (QED) is 0.799. The van der Waals surface area contributed by atoms with E-state index in [-0.39, 0.29) is 12.5 Å². The number of hydrogen-bond donors (Lipinski definition) is 2. The molecule has 0 unspecified atom stereocenters. The number of aliphatic carboxylic acids is 1. The monoisotopic (exact) mass is 329 g/mol. The molecule has 0 spiro atoms. The summed E-state index contributed by atoms with van der Waals surface area (Å²) in [5.41, 5.74) is 1.75. The predicted molar refractivity (Wildman–Crippen MR) is 91.5 cm³/mol. The number of rotatable bonds is 6. The maximum atomic E-state index is 12.1. The Labute approximate surface area is 139 Å². The molecule has 2 aromatic carbocycles. The summed E-state index contributed by atoms with van der Waals surface area (Å²) in [6.07, 6.45) is 0. The fourth-order valence-electron chi connectivity index (χ4n) is 2.20. The van der Waals surface area contributed by atoms with Crippen LogP contribution in [0.25, 0.3) is 0 Å². The molecule has 4 nitrogen and oxygen atoms in total. The molecule has 2 aromatic rings. The first-order chi connectivity index (χ1) is 10.9. The van der Waals surface area contributed by atoms with Gasteiger partial charge in [0.05, 0.1) is 0 Å². The molecular weight excluding hydrogens is 310 g/mol. The summed E-state index contributed by atoms with van der Waals surface area (Å²) in [4.78, 5) is 24.3. The predicted octanol–water partition coefficient (Wildman–Crippen LogP) is 3.20. The van der Waals surface area contributed by atoms with Gasteiger partial charge in [0, 0.05) is 18.4 Å². The minimum absolute atomic E-state index is 0.0141. The number of carboxylic acid groups (broad SMARTS) is 1. The Balaban J connectivity index is 2.45. The molecule has 0 aliphatic heterocycles. The van der Waals surface area contributed by atoms with Gasteiger partial charge < -0.3 is 10.4 Å². The van der Waals surface area contributed by atoms with Gasteiger partial charge in [-0.05, 0) is 24.6 Å². The molecule has 5 heteroatoms. The van der Waals surface area contributed by atoms with Crippen LogP contribution in [0.3, 0.4) is 0 Å². The lowest BCUT2D eigenvalue weighted by Gasteiger charge is -2.29. The number of carboxylic acids is 1. The van der Waals surface area contributed by atoms with Gasteiger partial charge in [-0.15, -0.1) is 11.8 Å². The average Bonchev–Trinajstić information content (AvgIpc) is 2.54. The van der Waals surface area contributed by atoms with Crippen molar-refractivity contribution in [1.29, 1.82) is 0 Å². The van der Waals surface area contributed by atoms with Crippen molar-refractivity contribution in [1.82, 2.24) is 5.32 Å². The molecule has 120 valence electrons. The highest BCUT2D eigenvalue weighted by molar-refractivity contribution is 8.01. The molecule has 0 saturated heterocycles. The topological polar surface area (TPSA) is 66.4 Å². The van der Waals surface area contributed by atoms with Gasteiger partial charge in [0.2, 0.25) is 5.91 Å². The van der Waals surface area contributed by atoms with E-state index in [4.69, 9.17) is 0 Å². The van der Waals surface area contributed by atoms with Crippen molar-refractivity contribution in [3.8, 4) is 0 Å². The molecular formula is C18H19NO3S. The molecule has 2 N–H and O–H groups in total. The van der Waals surface area contributed by atoms with Gasteiger partial charge in [-0.1, -0.05) is 48.0 Å². The lowest BCUT2D eigenvalue weighted by atomic mass is 9.98. The van der Waals surface area contributed by atoms with Crippen LogP contribution in [0.2, 0.25) is 0 Å². The number of thioether (sulfide) groups is 1. The van der Waals surface area contributed by atoms with Crippen LogP contribution in [0.15, 0.2) is 59.5 Å². The SMILES string of the molecule is CC(=O)NC[C@](Sc1ccc(C)cc1)(C(=O)O)c1ccccc1. The third kappa shape index (κ3) is 4.13. The van der Waals surface area contributed by atoms with Crippen LogP contribution in [0.5, 0.6) is 0 Å². The summed E-state index contributed by atoms with van der Waals surface area (Å²) < 4.78 is -1.28. The molecule has 0 bridgehead atoms. The summed E-state index contributed by atoms with van der Waals surface area (Å²) >= 11 is 1.23. The molecule has 0 radical (unpaired) electrons. The van der Waals surface area contributed by atoms with E-state index in [1.165, 1.54) is 18.7 Å². The normalized spacial score (nSPS) is 13.1. The zero-order valence-corrected chi connectivity index (χ0v) is 13.9. The second-order valence-electron chi connectivity index (χ2n) is 5.32. The van der Waals surface area contributed by atoms with Gasteiger partial charge in [0.1, 0.15) is 0 Å². The average molecular weight is 329 g/mol. The van der Waals surface area contributed by atoms with Crippen LogP contribution in [0, 0.1) is 6.92 Å². The number of aryl methyl sites for hydroxylation is 1. The van der Waals surface area contributed by atoms with Gasteiger partial charge >= 0.3 is 5.97 Å². The van der Waals surface area contributed by atoms with Crippen molar-refractivity contribution >= 4 is 23.6 Å². The summed E-state index contributed by atoms with van der Waals surface area (Å²) in [7, 11) is 0. The Bertz CT molecular complexity index is 685. The molecule has 1 atom stereocenters. The van der Waals surface area contributed by atoms with Gasteiger partial charge in [0.15, 0.2) is 4.75 Å². The molecule has 0 heterocycles. The summed E-state index contributed by atoms with van der Waals surface area (Å²) in [5, 5.41) is 12.6. The van der Waals surface area contributed by atoms with Crippen molar-refractivity contribution in [2.75, 3.05) is 6.54 Å². The number of hydrogen-bond acceptors (Lipinski definition) is 3. The van der Waals surface area contributed by atoms with E-state index in [0.717, 1.165) is 10.5 Å². The van der Waals surface area contributed by atoms with E-state index in [1.54, 1.807) is 24.3 Å². The van der Waals surface area contributed by atoms with Crippen LogP contribution >= 0.6 is 11.8 Å². The molecule has 0 aliphatic carbocycles. The maximum absolute atomic E-state index is 12.1. The number of nitrogens with one attached hydrogen (secondary N) is 1. The molecule has 0 aliphatic rings. The first-order valence-corrected chi connectivity index (χ1v) is 8.05. The largest absolute Gasteiger partial charge is 0.480 e. The van der Waals surface area contributed by atoms with Crippen LogP contribution < -0.4 is 5.32 Å². The van der Waals surface area contributed by atoms with E-state index in [9.17, 15) is 14.7 Å². The lowest BCUT2D eigenvalue weighted by Crippen LogP contribution is -2.43. The van der Waals surface area contributed by atoms with Crippen molar-refractivity contribution in [2.45, 2.75) is 23.5 Å². The molecule has 1 amide bonds. The van der Waals surface area contributed by atoms with E-state index in [1.807, 2.05) is 37.3 Å². The molecule has 23 heavy (non-hydrogen) atoms. The zero-order valence-electron chi connectivity index (χ0n) is 13.1. The standard InChI is InChI=1S/C18H19NO3S/c1-13-8-10-16(11-9-13)23-18(17(21)22,12-19-14(2)20)15-6-4-3-5-7-15/h3-11H,12H2,1-2H3,(H,19,20)(H,21,22)/t18-/m1/s1. The Morgan fingerprint density at radius 2 is 1.70 bits per heavy atom. The van der Waals surface area contributed by atoms with Crippen molar-refractivity contribution in [2.24, 2.45) is 0 Å². The molecule has 0 aromatic heterocycles. The van der Waals surface area contributed by atoms with Crippen LogP contribution in [-0.2, 0) is 14.3 Å².